The summed E-state index contributed by atoms with van der Waals surface area (Å²) in [5, 5.41) is 4.31. The van der Waals surface area contributed by atoms with Crippen molar-refractivity contribution >= 4 is 22.6 Å². The van der Waals surface area contributed by atoms with Crippen LogP contribution in [0.1, 0.15) is 56.3 Å². The number of aryl methyl sites for hydroxylation is 2. The SMILES string of the molecule is O=C(Nc1ccc2oc3c(c2c1)CCCC3)C1CCCCC1. The molecule has 0 saturated heterocycles. The summed E-state index contributed by atoms with van der Waals surface area (Å²) in [5.74, 6) is 1.54. The van der Waals surface area contributed by atoms with Crippen LogP contribution >= 0.6 is 0 Å². The molecule has 1 N–H and O–H groups in total. The van der Waals surface area contributed by atoms with Crippen molar-refractivity contribution in [1.29, 1.82) is 0 Å². The number of rotatable bonds is 2. The van der Waals surface area contributed by atoms with E-state index in [1.54, 1.807) is 0 Å². The topological polar surface area (TPSA) is 42.2 Å². The molecule has 0 atom stereocenters. The van der Waals surface area contributed by atoms with Crippen LogP contribution in [0.2, 0.25) is 0 Å². The Kier molecular flexibility index (Phi) is 3.65. The van der Waals surface area contributed by atoms with Gasteiger partial charge in [-0.2, -0.15) is 0 Å². The first-order valence-electron chi connectivity index (χ1n) is 8.66. The van der Waals surface area contributed by atoms with Gasteiger partial charge >= 0.3 is 0 Å². The maximum absolute atomic E-state index is 12.4. The average molecular weight is 297 g/mol. The van der Waals surface area contributed by atoms with Gasteiger partial charge in [-0.3, -0.25) is 4.79 Å². The molecule has 2 aliphatic rings. The van der Waals surface area contributed by atoms with Crippen molar-refractivity contribution in [3.63, 3.8) is 0 Å². The summed E-state index contributed by atoms with van der Waals surface area (Å²) in [6, 6.07) is 6.08. The van der Waals surface area contributed by atoms with E-state index >= 15 is 0 Å². The van der Waals surface area contributed by atoms with Crippen LogP contribution in [0.15, 0.2) is 22.6 Å². The van der Waals surface area contributed by atoms with Gasteiger partial charge in [0.2, 0.25) is 5.91 Å². The van der Waals surface area contributed by atoms with Gasteiger partial charge in [-0.15, -0.1) is 0 Å². The Morgan fingerprint density at radius 1 is 1.05 bits per heavy atom. The molecule has 0 aliphatic heterocycles. The molecule has 0 bridgehead atoms. The van der Waals surface area contributed by atoms with E-state index in [1.807, 2.05) is 12.1 Å². The molecule has 1 saturated carbocycles. The van der Waals surface area contributed by atoms with E-state index in [0.717, 1.165) is 42.7 Å². The van der Waals surface area contributed by atoms with Crippen molar-refractivity contribution in [2.75, 3.05) is 5.32 Å². The molecular weight excluding hydrogens is 274 g/mol. The van der Waals surface area contributed by atoms with Gasteiger partial charge in [-0.25, -0.2) is 0 Å². The molecule has 0 unspecified atom stereocenters. The molecule has 2 aliphatic carbocycles. The fourth-order valence-electron chi connectivity index (χ4n) is 3.95. The van der Waals surface area contributed by atoms with E-state index in [2.05, 4.69) is 11.4 Å². The third-order valence-corrected chi connectivity index (χ3v) is 5.20. The van der Waals surface area contributed by atoms with Gasteiger partial charge in [0.15, 0.2) is 0 Å². The van der Waals surface area contributed by atoms with Crippen LogP contribution in [0.5, 0.6) is 0 Å². The number of nitrogens with one attached hydrogen (secondary N) is 1. The highest BCUT2D eigenvalue weighted by atomic mass is 16.3. The summed E-state index contributed by atoms with van der Waals surface area (Å²) in [4.78, 5) is 12.4. The second-order valence-electron chi connectivity index (χ2n) is 6.75. The van der Waals surface area contributed by atoms with Gasteiger partial charge in [-0.1, -0.05) is 19.3 Å². The van der Waals surface area contributed by atoms with E-state index in [0.29, 0.717) is 0 Å². The van der Waals surface area contributed by atoms with Crippen LogP contribution in [0.3, 0.4) is 0 Å². The Labute approximate surface area is 131 Å². The zero-order valence-electron chi connectivity index (χ0n) is 13.0. The lowest BCUT2D eigenvalue weighted by atomic mass is 9.88. The number of benzene rings is 1. The summed E-state index contributed by atoms with van der Waals surface area (Å²) in [6.07, 6.45) is 10.3. The van der Waals surface area contributed by atoms with Crippen molar-refractivity contribution in [2.24, 2.45) is 5.92 Å². The van der Waals surface area contributed by atoms with Crippen molar-refractivity contribution in [3.8, 4) is 0 Å². The minimum atomic E-state index is 0.191. The molecule has 3 heteroatoms. The highest BCUT2D eigenvalue weighted by Crippen LogP contribution is 2.33. The van der Waals surface area contributed by atoms with Gasteiger partial charge in [-0.05, 0) is 50.3 Å². The van der Waals surface area contributed by atoms with Crippen molar-refractivity contribution in [2.45, 2.75) is 57.8 Å². The zero-order valence-corrected chi connectivity index (χ0v) is 13.0. The number of furan rings is 1. The average Bonchev–Trinajstić information content (AvgIpc) is 2.94. The Hall–Kier alpha value is -1.77. The minimum Gasteiger partial charge on any atom is -0.461 e. The highest BCUT2D eigenvalue weighted by molar-refractivity contribution is 5.95. The van der Waals surface area contributed by atoms with Crippen LogP contribution in [-0.2, 0) is 17.6 Å². The number of hydrogen-bond acceptors (Lipinski definition) is 2. The molecule has 1 aromatic heterocycles. The van der Waals surface area contributed by atoms with E-state index in [-0.39, 0.29) is 11.8 Å². The molecule has 0 radical (unpaired) electrons. The standard InChI is InChI=1S/C19H23NO2/c21-19(13-6-2-1-3-7-13)20-14-10-11-18-16(12-14)15-8-4-5-9-17(15)22-18/h10-13H,1-9H2,(H,20,21). The zero-order chi connectivity index (χ0) is 14.9. The molecule has 116 valence electrons. The van der Waals surface area contributed by atoms with Crippen LogP contribution in [0.25, 0.3) is 11.0 Å². The maximum atomic E-state index is 12.4. The van der Waals surface area contributed by atoms with Gasteiger partial charge < -0.3 is 9.73 Å². The first-order chi connectivity index (χ1) is 10.8. The number of carbonyl (C=O) groups excluding carboxylic acids is 1. The molecule has 4 rings (SSSR count). The first-order valence-corrected chi connectivity index (χ1v) is 8.66. The molecule has 3 nitrogen and oxygen atoms in total. The third-order valence-electron chi connectivity index (χ3n) is 5.20. The Morgan fingerprint density at radius 2 is 1.86 bits per heavy atom. The molecule has 22 heavy (non-hydrogen) atoms. The van der Waals surface area contributed by atoms with Gasteiger partial charge in [0.25, 0.3) is 0 Å². The summed E-state index contributed by atoms with van der Waals surface area (Å²) >= 11 is 0. The minimum absolute atomic E-state index is 0.191. The summed E-state index contributed by atoms with van der Waals surface area (Å²) in [7, 11) is 0. The highest BCUT2D eigenvalue weighted by Gasteiger charge is 2.22. The predicted octanol–water partition coefficient (Wildman–Crippen LogP) is 4.83. The normalized spacial score (nSPS) is 19.1. The smallest absolute Gasteiger partial charge is 0.227 e. The molecule has 1 amide bonds. The van der Waals surface area contributed by atoms with Crippen LogP contribution in [-0.4, -0.2) is 5.91 Å². The summed E-state index contributed by atoms with van der Waals surface area (Å²) in [6.45, 7) is 0. The lowest BCUT2D eigenvalue weighted by Gasteiger charge is -2.20. The monoisotopic (exact) mass is 297 g/mol. The molecule has 1 aromatic carbocycles. The Morgan fingerprint density at radius 3 is 2.73 bits per heavy atom. The number of amides is 1. The fourth-order valence-corrected chi connectivity index (χ4v) is 3.95. The van der Waals surface area contributed by atoms with E-state index in [4.69, 9.17) is 4.42 Å². The van der Waals surface area contributed by atoms with Crippen LogP contribution in [0, 0.1) is 5.92 Å². The molecule has 1 heterocycles. The molecule has 1 fully saturated rings. The quantitative estimate of drug-likeness (QED) is 0.862. The van der Waals surface area contributed by atoms with Gasteiger partial charge in [0, 0.05) is 29.0 Å². The van der Waals surface area contributed by atoms with Gasteiger partial charge in [0.1, 0.15) is 11.3 Å². The Bertz CT molecular complexity index is 695. The van der Waals surface area contributed by atoms with Crippen molar-refractivity contribution < 1.29 is 9.21 Å². The van der Waals surface area contributed by atoms with Crippen molar-refractivity contribution in [1.82, 2.24) is 0 Å². The molecule has 0 spiro atoms. The second-order valence-corrected chi connectivity index (χ2v) is 6.75. The van der Waals surface area contributed by atoms with Gasteiger partial charge in [0.05, 0.1) is 0 Å². The largest absolute Gasteiger partial charge is 0.461 e. The number of fused-ring (bicyclic) bond motifs is 3. The lowest BCUT2D eigenvalue weighted by molar-refractivity contribution is -0.120. The van der Waals surface area contributed by atoms with E-state index < -0.39 is 0 Å². The van der Waals surface area contributed by atoms with Crippen molar-refractivity contribution in [3.05, 3.63) is 29.5 Å². The fraction of sp³-hybridized carbons (Fsp3) is 0.526. The Balaban J connectivity index is 1.58. The molecular formula is C19H23NO2. The number of anilines is 1. The van der Waals surface area contributed by atoms with Crippen LogP contribution in [0.4, 0.5) is 5.69 Å². The lowest BCUT2D eigenvalue weighted by Crippen LogP contribution is -2.24. The molecule has 2 aromatic rings. The first kappa shape index (κ1) is 13.9. The predicted molar refractivity (Wildman–Crippen MR) is 88.1 cm³/mol. The number of carbonyl (C=O) groups is 1. The summed E-state index contributed by atoms with van der Waals surface area (Å²) in [5.41, 5.74) is 3.23. The van der Waals surface area contributed by atoms with E-state index in [1.165, 1.54) is 43.1 Å². The van der Waals surface area contributed by atoms with Crippen LogP contribution < -0.4 is 5.32 Å². The second kappa shape index (κ2) is 5.79. The van der Waals surface area contributed by atoms with E-state index in [9.17, 15) is 4.79 Å². The summed E-state index contributed by atoms with van der Waals surface area (Å²) < 4.78 is 5.95. The third kappa shape index (κ3) is 2.53. The number of hydrogen-bond donors (Lipinski definition) is 1. The maximum Gasteiger partial charge on any atom is 0.227 e.